The molecule has 0 radical (unpaired) electrons. The SMILES string of the molecule is O=C(O)C=Cc1ccc(F)c(C(=O)NCCC2CC2)c1. The predicted molar refractivity (Wildman–Crippen MR) is 72.7 cm³/mol. The van der Waals surface area contributed by atoms with Gasteiger partial charge in [-0.2, -0.15) is 0 Å². The van der Waals surface area contributed by atoms with Crippen molar-refractivity contribution in [3.05, 3.63) is 41.2 Å². The molecule has 2 rings (SSSR count). The lowest BCUT2D eigenvalue weighted by Crippen LogP contribution is -2.25. The van der Waals surface area contributed by atoms with Crippen molar-refractivity contribution >= 4 is 18.0 Å². The summed E-state index contributed by atoms with van der Waals surface area (Å²) < 4.78 is 13.6. The molecule has 5 heteroatoms. The van der Waals surface area contributed by atoms with E-state index >= 15 is 0 Å². The summed E-state index contributed by atoms with van der Waals surface area (Å²) in [5.41, 5.74) is 0.412. The molecular formula is C15H16FNO3. The van der Waals surface area contributed by atoms with E-state index in [1.165, 1.54) is 31.1 Å². The topological polar surface area (TPSA) is 66.4 Å². The van der Waals surface area contributed by atoms with Crippen LogP contribution in [-0.4, -0.2) is 23.5 Å². The first-order valence-corrected chi connectivity index (χ1v) is 6.55. The molecule has 20 heavy (non-hydrogen) atoms. The summed E-state index contributed by atoms with van der Waals surface area (Å²) in [6.45, 7) is 0.540. The molecule has 1 saturated carbocycles. The smallest absolute Gasteiger partial charge is 0.328 e. The van der Waals surface area contributed by atoms with E-state index in [9.17, 15) is 14.0 Å². The molecule has 1 fully saturated rings. The molecule has 0 aromatic heterocycles. The molecule has 0 unspecified atom stereocenters. The van der Waals surface area contributed by atoms with Crippen LogP contribution in [0.15, 0.2) is 24.3 Å². The summed E-state index contributed by atoms with van der Waals surface area (Å²) >= 11 is 0. The van der Waals surface area contributed by atoms with Gasteiger partial charge in [0.25, 0.3) is 5.91 Å². The summed E-state index contributed by atoms with van der Waals surface area (Å²) in [5, 5.41) is 11.2. The first kappa shape index (κ1) is 14.2. The van der Waals surface area contributed by atoms with Crippen molar-refractivity contribution in [3.63, 3.8) is 0 Å². The van der Waals surface area contributed by atoms with Crippen molar-refractivity contribution in [1.82, 2.24) is 5.32 Å². The molecule has 1 aromatic rings. The van der Waals surface area contributed by atoms with Crippen molar-refractivity contribution < 1.29 is 19.1 Å². The van der Waals surface area contributed by atoms with Gasteiger partial charge in [-0.1, -0.05) is 18.9 Å². The third kappa shape index (κ3) is 4.19. The van der Waals surface area contributed by atoms with Gasteiger partial charge in [0.15, 0.2) is 0 Å². The Morgan fingerprint density at radius 2 is 2.15 bits per heavy atom. The van der Waals surface area contributed by atoms with Crippen LogP contribution >= 0.6 is 0 Å². The number of carbonyl (C=O) groups excluding carboxylic acids is 1. The van der Waals surface area contributed by atoms with Gasteiger partial charge in [0.1, 0.15) is 5.82 Å². The maximum Gasteiger partial charge on any atom is 0.328 e. The van der Waals surface area contributed by atoms with E-state index < -0.39 is 17.7 Å². The molecule has 0 saturated heterocycles. The van der Waals surface area contributed by atoms with Crippen molar-refractivity contribution in [2.45, 2.75) is 19.3 Å². The molecule has 0 bridgehead atoms. The molecule has 0 aliphatic heterocycles. The lowest BCUT2D eigenvalue weighted by Gasteiger charge is -2.06. The van der Waals surface area contributed by atoms with Gasteiger partial charge in [0.2, 0.25) is 0 Å². The highest BCUT2D eigenvalue weighted by Gasteiger charge is 2.21. The lowest BCUT2D eigenvalue weighted by molar-refractivity contribution is -0.131. The van der Waals surface area contributed by atoms with Crippen molar-refractivity contribution in [1.29, 1.82) is 0 Å². The Labute approximate surface area is 116 Å². The number of halogens is 1. The average molecular weight is 277 g/mol. The minimum atomic E-state index is -1.09. The maximum absolute atomic E-state index is 13.6. The van der Waals surface area contributed by atoms with Crippen LogP contribution in [0.2, 0.25) is 0 Å². The third-order valence-electron chi connectivity index (χ3n) is 3.19. The van der Waals surface area contributed by atoms with Crippen LogP contribution in [0.5, 0.6) is 0 Å². The number of aliphatic carboxylic acids is 1. The highest BCUT2D eigenvalue weighted by Crippen LogP contribution is 2.31. The van der Waals surface area contributed by atoms with Gasteiger partial charge in [-0.25, -0.2) is 9.18 Å². The number of nitrogens with one attached hydrogen (secondary N) is 1. The summed E-state index contributed by atoms with van der Waals surface area (Å²) in [7, 11) is 0. The van der Waals surface area contributed by atoms with E-state index in [0.717, 1.165) is 18.6 Å². The average Bonchev–Trinajstić information content (AvgIpc) is 3.21. The first-order chi connectivity index (χ1) is 9.56. The zero-order valence-electron chi connectivity index (χ0n) is 10.9. The number of amides is 1. The molecule has 0 spiro atoms. The normalized spacial score (nSPS) is 14.4. The highest BCUT2D eigenvalue weighted by atomic mass is 19.1. The standard InChI is InChI=1S/C15H16FNO3/c16-13-5-3-11(4-6-14(18)19)9-12(13)15(20)17-8-7-10-1-2-10/h3-6,9-10H,1-2,7-8H2,(H,17,20)(H,18,19). The van der Waals surface area contributed by atoms with E-state index in [1.54, 1.807) is 0 Å². The second-order valence-electron chi connectivity index (χ2n) is 4.90. The van der Waals surface area contributed by atoms with Crippen molar-refractivity contribution in [3.8, 4) is 0 Å². The van der Waals surface area contributed by atoms with Gasteiger partial charge >= 0.3 is 5.97 Å². The number of carboxylic acid groups (broad SMARTS) is 1. The fraction of sp³-hybridized carbons (Fsp3) is 0.333. The second-order valence-corrected chi connectivity index (χ2v) is 4.90. The van der Waals surface area contributed by atoms with Crippen LogP contribution < -0.4 is 5.32 Å². The third-order valence-corrected chi connectivity index (χ3v) is 3.19. The Morgan fingerprint density at radius 1 is 1.40 bits per heavy atom. The number of hydrogen-bond acceptors (Lipinski definition) is 2. The maximum atomic E-state index is 13.6. The van der Waals surface area contributed by atoms with Crippen molar-refractivity contribution in [2.75, 3.05) is 6.54 Å². The largest absolute Gasteiger partial charge is 0.478 e. The fourth-order valence-electron chi connectivity index (χ4n) is 1.88. The Balaban J connectivity index is 2.02. The van der Waals surface area contributed by atoms with E-state index in [0.29, 0.717) is 18.0 Å². The number of carbonyl (C=O) groups is 2. The minimum absolute atomic E-state index is 0.0617. The number of carboxylic acids is 1. The van der Waals surface area contributed by atoms with Crippen LogP contribution in [-0.2, 0) is 4.79 Å². The summed E-state index contributed by atoms with van der Waals surface area (Å²) in [6.07, 6.45) is 5.61. The lowest BCUT2D eigenvalue weighted by atomic mass is 10.1. The molecule has 1 aromatic carbocycles. The zero-order valence-corrected chi connectivity index (χ0v) is 10.9. The Bertz CT molecular complexity index is 550. The summed E-state index contributed by atoms with van der Waals surface area (Å²) in [5.74, 6) is -1.47. The van der Waals surface area contributed by atoms with Crippen LogP contribution in [0, 0.1) is 11.7 Å². The van der Waals surface area contributed by atoms with Gasteiger partial charge in [-0.15, -0.1) is 0 Å². The Hall–Kier alpha value is -2.17. The molecule has 1 aliphatic carbocycles. The van der Waals surface area contributed by atoms with Gasteiger partial charge in [-0.05, 0) is 36.1 Å². The van der Waals surface area contributed by atoms with Crippen LogP contribution in [0.4, 0.5) is 4.39 Å². The number of rotatable bonds is 6. The van der Waals surface area contributed by atoms with Crippen LogP contribution in [0.3, 0.4) is 0 Å². The summed E-state index contributed by atoms with van der Waals surface area (Å²) in [4.78, 5) is 22.3. The zero-order chi connectivity index (χ0) is 14.5. The second kappa shape index (κ2) is 6.32. The van der Waals surface area contributed by atoms with Gasteiger partial charge in [0, 0.05) is 12.6 Å². The Kier molecular flexibility index (Phi) is 4.50. The van der Waals surface area contributed by atoms with Gasteiger partial charge in [0.05, 0.1) is 5.56 Å². The number of hydrogen-bond donors (Lipinski definition) is 2. The van der Waals surface area contributed by atoms with E-state index in [2.05, 4.69) is 5.32 Å². The van der Waals surface area contributed by atoms with E-state index in [-0.39, 0.29) is 5.56 Å². The number of benzene rings is 1. The first-order valence-electron chi connectivity index (χ1n) is 6.55. The van der Waals surface area contributed by atoms with Gasteiger partial charge < -0.3 is 10.4 Å². The monoisotopic (exact) mass is 277 g/mol. The molecule has 106 valence electrons. The molecule has 0 heterocycles. The summed E-state index contributed by atoms with van der Waals surface area (Å²) in [6, 6.07) is 3.94. The molecule has 2 N–H and O–H groups in total. The van der Waals surface area contributed by atoms with Gasteiger partial charge in [-0.3, -0.25) is 4.79 Å². The fourth-order valence-corrected chi connectivity index (χ4v) is 1.88. The molecule has 1 aliphatic rings. The molecule has 0 atom stereocenters. The molecular weight excluding hydrogens is 261 g/mol. The van der Waals surface area contributed by atoms with E-state index in [4.69, 9.17) is 5.11 Å². The van der Waals surface area contributed by atoms with E-state index in [1.807, 2.05) is 0 Å². The van der Waals surface area contributed by atoms with Crippen LogP contribution in [0.25, 0.3) is 6.08 Å². The minimum Gasteiger partial charge on any atom is -0.478 e. The highest BCUT2D eigenvalue weighted by molar-refractivity contribution is 5.95. The predicted octanol–water partition coefficient (Wildman–Crippen LogP) is 2.45. The van der Waals surface area contributed by atoms with Crippen LogP contribution in [0.1, 0.15) is 35.2 Å². The van der Waals surface area contributed by atoms with Crippen molar-refractivity contribution in [2.24, 2.45) is 5.92 Å². The quantitative estimate of drug-likeness (QED) is 0.785. The molecule has 1 amide bonds. The molecule has 4 nitrogen and oxygen atoms in total. The Morgan fingerprint density at radius 3 is 2.80 bits per heavy atom.